The van der Waals surface area contributed by atoms with Crippen LogP contribution in [0.15, 0.2) is 4.99 Å². The molecule has 1 heterocycles. The zero-order chi connectivity index (χ0) is 11.3. The highest BCUT2D eigenvalue weighted by atomic mass is 32.2. The Bertz CT molecular complexity index is 291. The smallest absolute Gasteiger partial charge is 0.262 e. The first kappa shape index (κ1) is 12.0. The molecule has 6 heteroatoms. The SMILES string of the molecule is CCCCNC(=O)C[C@H]1SC(N)=NC1=O. The fourth-order valence-corrected chi connectivity index (χ4v) is 2.00. The number of rotatable bonds is 5. The highest BCUT2D eigenvalue weighted by Crippen LogP contribution is 2.22. The van der Waals surface area contributed by atoms with Crippen molar-refractivity contribution in [3.8, 4) is 0 Å². The summed E-state index contributed by atoms with van der Waals surface area (Å²) in [6.07, 6.45) is 2.15. The Morgan fingerprint density at radius 2 is 2.40 bits per heavy atom. The largest absolute Gasteiger partial charge is 0.378 e. The van der Waals surface area contributed by atoms with Crippen molar-refractivity contribution in [2.45, 2.75) is 31.4 Å². The van der Waals surface area contributed by atoms with E-state index in [0.717, 1.165) is 24.6 Å². The second-order valence-electron chi connectivity index (χ2n) is 3.30. The molecule has 1 atom stereocenters. The Hall–Kier alpha value is -1.04. The number of amidine groups is 1. The predicted molar refractivity (Wildman–Crippen MR) is 60.5 cm³/mol. The molecule has 84 valence electrons. The summed E-state index contributed by atoms with van der Waals surface area (Å²) < 4.78 is 0. The Labute approximate surface area is 92.9 Å². The summed E-state index contributed by atoms with van der Waals surface area (Å²) in [6.45, 7) is 2.72. The summed E-state index contributed by atoms with van der Waals surface area (Å²) in [5.41, 5.74) is 5.37. The van der Waals surface area contributed by atoms with Gasteiger partial charge in [0.25, 0.3) is 5.91 Å². The molecule has 0 saturated carbocycles. The summed E-state index contributed by atoms with van der Waals surface area (Å²) in [4.78, 5) is 26.1. The molecule has 3 N–H and O–H groups in total. The number of amides is 2. The van der Waals surface area contributed by atoms with E-state index in [1.165, 1.54) is 0 Å². The van der Waals surface area contributed by atoms with Gasteiger partial charge in [0, 0.05) is 13.0 Å². The van der Waals surface area contributed by atoms with Crippen LogP contribution in [-0.2, 0) is 9.59 Å². The molecule has 0 aromatic carbocycles. The first-order valence-corrected chi connectivity index (χ1v) is 5.82. The summed E-state index contributed by atoms with van der Waals surface area (Å²) in [5.74, 6) is -0.414. The Morgan fingerprint density at radius 1 is 1.67 bits per heavy atom. The maximum atomic E-state index is 11.4. The van der Waals surface area contributed by atoms with E-state index in [0.29, 0.717) is 6.54 Å². The van der Waals surface area contributed by atoms with E-state index >= 15 is 0 Å². The monoisotopic (exact) mass is 229 g/mol. The van der Waals surface area contributed by atoms with Gasteiger partial charge in [0.2, 0.25) is 5.91 Å². The predicted octanol–water partition coefficient (Wildman–Crippen LogP) is 0.249. The van der Waals surface area contributed by atoms with Crippen molar-refractivity contribution in [3.05, 3.63) is 0 Å². The standard InChI is InChI=1S/C9H15N3O2S/c1-2-3-4-11-7(13)5-6-8(14)12-9(10)15-6/h6H,2-5H2,1H3,(H,11,13)(H2,10,12,14)/t6-/m1/s1. The van der Waals surface area contributed by atoms with E-state index in [1.807, 2.05) is 0 Å². The highest BCUT2D eigenvalue weighted by Gasteiger charge is 2.28. The Kier molecular flexibility index (Phi) is 4.61. The Morgan fingerprint density at radius 3 is 2.93 bits per heavy atom. The third-order valence-electron chi connectivity index (χ3n) is 1.98. The maximum Gasteiger partial charge on any atom is 0.262 e. The third-order valence-corrected chi connectivity index (χ3v) is 2.97. The maximum absolute atomic E-state index is 11.4. The number of aliphatic imine (C=N–C) groups is 1. The second-order valence-corrected chi connectivity index (χ2v) is 4.53. The van der Waals surface area contributed by atoms with Crippen LogP contribution in [0, 0.1) is 0 Å². The minimum atomic E-state index is -0.424. The fraction of sp³-hybridized carbons (Fsp3) is 0.667. The van der Waals surface area contributed by atoms with Crippen LogP contribution in [0.3, 0.4) is 0 Å². The average molecular weight is 229 g/mol. The summed E-state index contributed by atoms with van der Waals surface area (Å²) in [6, 6.07) is 0. The zero-order valence-corrected chi connectivity index (χ0v) is 9.47. The van der Waals surface area contributed by atoms with E-state index in [9.17, 15) is 9.59 Å². The lowest BCUT2D eigenvalue weighted by Gasteiger charge is -2.06. The lowest BCUT2D eigenvalue weighted by atomic mass is 10.2. The quantitative estimate of drug-likeness (QED) is 0.662. The van der Waals surface area contributed by atoms with E-state index in [-0.39, 0.29) is 23.4 Å². The Balaban J connectivity index is 2.25. The fourth-order valence-electron chi connectivity index (χ4n) is 1.18. The topological polar surface area (TPSA) is 84.6 Å². The van der Waals surface area contributed by atoms with Crippen LogP contribution in [0.2, 0.25) is 0 Å². The molecule has 0 fully saturated rings. The van der Waals surface area contributed by atoms with Gasteiger partial charge in [-0.15, -0.1) is 0 Å². The number of unbranched alkanes of at least 4 members (excludes halogenated alkanes) is 1. The number of nitrogens with one attached hydrogen (secondary N) is 1. The number of carbonyl (C=O) groups is 2. The van der Waals surface area contributed by atoms with Gasteiger partial charge in [0.15, 0.2) is 5.17 Å². The average Bonchev–Trinajstić information content (AvgIpc) is 2.45. The van der Waals surface area contributed by atoms with Crippen LogP contribution in [0.1, 0.15) is 26.2 Å². The van der Waals surface area contributed by atoms with E-state index in [1.54, 1.807) is 0 Å². The van der Waals surface area contributed by atoms with E-state index in [4.69, 9.17) is 5.73 Å². The third kappa shape index (κ3) is 3.91. The van der Waals surface area contributed by atoms with Gasteiger partial charge in [-0.2, -0.15) is 4.99 Å². The van der Waals surface area contributed by atoms with E-state index in [2.05, 4.69) is 17.2 Å². The number of hydrogen-bond donors (Lipinski definition) is 2. The molecule has 0 aromatic heterocycles. The molecular weight excluding hydrogens is 214 g/mol. The molecule has 0 aliphatic carbocycles. The van der Waals surface area contributed by atoms with E-state index < -0.39 is 5.25 Å². The van der Waals surface area contributed by atoms with Gasteiger partial charge in [0.1, 0.15) is 5.25 Å². The van der Waals surface area contributed by atoms with Crippen molar-refractivity contribution in [2.24, 2.45) is 10.7 Å². The number of hydrogen-bond acceptors (Lipinski definition) is 4. The van der Waals surface area contributed by atoms with Gasteiger partial charge in [-0.25, -0.2) is 0 Å². The molecule has 1 rings (SSSR count). The van der Waals surface area contributed by atoms with Crippen molar-refractivity contribution in [1.29, 1.82) is 0 Å². The second kappa shape index (κ2) is 5.75. The van der Waals surface area contributed by atoms with Gasteiger partial charge >= 0.3 is 0 Å². The van der Waals surface area contributed by atoms with Gasteiger partial charge in [0.05, 0.1) is 0 Å². The van der Waals surface area contributed by atoms with Crippen molar-refractivity contribution >= 4 is 28.7 Å². The normalized spacial score (nSPS) is 20.2. The van der Waals surface area contributed by atoms with Gasteiger partial charge in [-0.05, 0) is 6.42 Å². The molecule has 1 aliphatic heterocycles. The van der Waals surface area contributed by atoms with Gasteiger partial charge in [-0.3, -0.25) is 9.59 Å². The first-order chi connectivity index (χ1) is 7.13. The lowest BCUT2D eigenvalue weighted by molar-refractivity contribution is -0.124. The number of carbonyl (C=O) groups excluding carboxylic acids is 2. The highest BCUT2D eigenvalue weighted by molar-refractivity contribution is 8.15. The minimum absolute atomic E-state index is 0.112. The van der Waals surface area contributed by atoms with Crippen LogP contribution in [-0.4, -0.2) is 28.8 Å². The summed E-state index contributed by atoms with van der Waals surface area (Å²) >= 11 is 1.16. The number of nitrogens with zero attached hydrogens (tertiary/aromatic N) is 1. The molecule has 0 unspecified atom stereocenters. The molecule has 5 nitrogen and oxygen atoms in total. The summed E-state index contributed by atoms with van der Waals surface area (Å²) in [5, 5.41) is 2.58. The van der Waals surface area contributed by atoms with Crippen LogP contribution >= 0.6 is 11.8 Å². The number of thioether (sulfide) groups is 1. The van der Waals surface area contributed by atoms with Crippen LogP contribution < -0.4 is 11.1 Å². The molecule has 0 bridgehead atoms. The minimum Gasteiger partial charge on any atom is -0.378 e. The lowest BCUT2D eigenvalue weighted by Crippen LogP contribution is -2.29. The van der Waals surface area contributed by atoms with Crippen LogP contribution in [0.4, 0.5) is 0 Å². The molecule has 0 aromatic rings. The van der Waals surface area contributed by atoms with Crippen molar-refractivity contribution in [3.63, 3.8) is 0 Å². The molecule has 2 amide bonds. The molecule has 0 radical (unpaired) electrons. The van der Waals surface area contributed by atoms with Crippen molar-refractivity contribution in [2.75, 3.05) is 6.54 Å². The zero-order valence-electron chi connectivity index (χ0n) is 8.66. The van der Waals surface area contributed by atoms with Crippen LogP contribution in [0.5, 0.6) is 0 Å². The molecule has 1 aliphatic rings. The van der Waals surface area contributed by atoms with Crippen LogP contribution in [0.25, 0.3) is 0 Å². The molecule has 0 saturated heterocycles. The van der Waals surface area contributed by atoms with Crippen molar-refractivity contribution in [1.82, 2.24) is 5.32 Å². The van der Waals surface area contributed by atoms with Gasteiger partial charge < -0.3 is 11.1 Å². The molecular formula is C9H15N3O2S. The van der Waals surface area contributed by atoms with Crippen molar-refractivity contribution < 1.29 is 9.59 Å². The summed E-state index contributed by atoms with van der Waals surface area (Å²) in [7, 11) is 0. The first-order valence-electron chi connectivity index (χ1n) is 4.95. The van der Waals surface area contributed by atoms with Gasteiger partial charge in [-0.1, -0.05) is 25.1 Å². The number of nitrogens with two attached hydrogens (primary N) is 1. The molecule has 15 heavy (non-hydrogen) atoms. The molecule has 0 spiro atoms.